The van der Waals surface area contributed by atoms with Gasteiger partial charge in [-0.25, -0.2) is 0 Å². The fourth-order valence-electron chi connectivity index (χ4n) is 2.24. The van der Waals surface area contributed by atoms with Gasteiger partial charge in [0.25, 0.3) is 5.91 Å². The molecule has 1 N–H and O–H groups in total. The molecule has 6 heteroatoms. The van der Waals surface area contributed by atoms with E-state index in [1.165, 1.54) is 4.90 Å². The van der Waals surface area contributed by atoms with Gasteiger partial charge in [-0.05, 0) is 31.0 Å². The van der Waals surface area contributed by atoms with Crippen molar-refractivity contribution in [2.45, 2.75) is 18.9 Å². The van der Waals surface area contributed by atoms with Crippen molar-refractivity contribution in [2.24, 2.45) is 0 Å². The van der Waals surface area contributed by atoms with Crippen LogP contribution in [0.2, 0.25) is 0 Å². The number of benzene rings is 1. The number of carbonyl (C=O) groups excluding carboxylic acids is 1. The van der Waals surface area contributed by atoms with E-state index in [2.05, 4.69) is 0 Å². The molecule has 3 rings (SSSR count). The highest BCUT2D eigenvalue weighted by atomic mass is 16.6. The fraction of sp³-hybridized carbons (Fsp3) is 0.429. The van der Waals surface area contributed by atoms with E-state index in [4.69, 9.17) is 14.6 Å². The van der Waals surface area contributed by atoms with Gasteiger partial charge in [-0.3, -0.25) is 9.59 Å². The van der Waals surface area contributed by atoms with Crippen molar-refractivity contribution in [2.75, 3.05) is 19.8 Å². The van der Waals surface area contributed by atoms with Crippen LogP contribution in [-0.2, 0) is 4.79 Å². The lowest BCUT2D eigenvalue weighted by molar-refractivity contribution is -0.137. The number of amides is 1. The number of aliphatic carboxylic acids is 1. The van der Waals surface area contributed by atoms with E-state index in [0.717, 1.165) is 12.8 Å². The Hall–Kier alpha value is -2.24. The Labute approximate surface area is 115 Å². The van der Waals surface area contributed by atoms with Crippen molar-refractivity contribution in [3.05, 3.63) is 23.8 Å². The van der Waals surface area contributed by atoms with Crippen LogP contribution in [0.15, 0.2) is 18.2 Å². The number of rotatable bonds is 4. The molecule has 6 nitrogen and oxygen atoms in total. The quantitative estimate of drug-likeness (QED) is 0.893. The third kappa shape index (κ3) is 2.54. The van der Waals surface area contributed by atoms with Gasteiger partial charge < -0.3 is 19.5 Å². The second kappa shape index (κ2) is 5.03. The molecule has 0 spiro atoms. The number of carboxylic acids is 1. The number of nitrogens with zero attached hydrogens (tertiary/aromatic N) is 1. The van der Waals surface area contributed by atoms with Gasteiger partial charge in [-0.15, -0.1) is 0 Å². The monoisotopic (exact) mass is 277 g/mol. The average Bonchev–Trinajstić information content (AvgIpc) is 3.28. The molecular formula is C14H15NO5. The molecule has 0 aromatic heterocycles. The molecule has 1 saturated carbocycles. The minimum Gasteiger partial charge on any atom is -0.486 e. The first-order valence-electron chi connectivity index (χ1n) is 6.57. The Morgan fingerprint density at radius 2 is 1.90 bits per heavy atom. The molecule has 0 saturated heterocycles. The van der Waals surface area contributed by atoms with Crippen molar-refractivity contribution >= 4 is 11.9 Å². The van der Waals surface area contributed by atoms with Crippen LogP contribution in [0, 0.1) is 0 Å². The summed E-state index contributed by atoms with van der Waals surface area (Å²) in [6.07, 6.45) is 1.73. The smallest absolute Gasteiger partial charge is 0.323 e. The van der Waals surface area contributed by atoms with Crippen molar-refractivity contribution in [3.8, 4) is 11.5 Å². The molecule has 106 valence electrons. The molecule has 20 heavy (non-hydrogen) atoms. The van der Waals surface area contributed by atoms with E-state index >= 15 is 0 Å². The van der Waals surface area contributed by atoms with Crippen molar-refractivity contribution < 1.29 is 24.2 Å². The second-order valence-corrected chi connectivity index (χ2v) is 4.92. The Morgan fingerprint density at radius 3 is 2.55 bits per heavy atom. The Kier molecular flexibility index (Phi) is 3.22. The van der Waals surface area contributed by atoms with E-state index in [-0.39, 0.29) is 18.5 Å². The maximum absolute atomic E-state index is 12.4. The largest absolute Gasteiger partial charge is 0.486 e. The van der Waals surface area contributed by atoms with E-state index in [9.17, 15) is 9.59 Å². The van der Waals surface area contributed by atoms with Gasteiger partial charge in [0.1, 0.15) is 19.8 Å². The molecule has 1 fully saturated rings. The molecule has 1 heterocycles. The molecule has 1 amide bonds. The van der Waals surface area contributed by atoms with Crippen LogP contribution in [-0.4, -0.2) is 47.7 Å². The molecule has 1 aliphatic carbocycles. The molecule has 1 aromatic carbocycles. The minimum absolute atomic E-state index is 0.0480. The zero-order valence-corrected chi connectivity index (χ0v) is 10.9. The molecular weight excluding hydrogens is 262 g/mol. The molecule has 1 aliphatic heterocycles. The SMILES string of the molecule is O=C(O)CN(C(=O)c1ccc2c(c1)OCCO2)C1CC1. The lowest BCUT2D eigenvalue weighted by Crippen LogP contribution is -2.37. The van der Waals surface area contributed by atoms with Crippen molar-refractivity contribution in [1.82, 2.24) is 4.90 Å². The zero-order valence-electron chi connectivity index (χ0n) is 10.9. The molecule has 2 aliphatic rings. The highest BCUT2D eigenvalue weighted by molar-refractivity contribution is 5.96. The fourth-order valence-corrected chi connectivity index (χ4v) is 2.24. The maximum atomic E-state index is 12.4. The summed E-state index contributed by atoms with van der Waals surface area (Å²) in [5.74, 6) is -0.119. The summed E-state index contributed by atoms with van der Waals surface area (Å²) < 4.78 is 10.8. The predicted octanol–water partition coefficient (Wildman–Crippen LogP) is 1.15. The van der Waals surface area contributed by atoms with Gasteiger partial charge in [0, 0.05) is 11.6 Å². The topological polar surface area (TPSA) is 76.1 Å². The summed E-state index contributed by atoms with van der Waals surface area (Å²) in [7, 11) is 0. The second-order valence-electron chi connectivity index (χ2n) is 4.92. The maximum Gasteiger partial charge on any atom is 0.323 e. The first-order valence-corrected chi connectivity index (χ1v) is 6.57. The number of fused-ring (bicyclic) bond motifs is 1. The van der Waals surface area contributed by atoms with Crippen molar-refractivity contribution in [1.29, 1.82) is 0 Å². The number of carboxylic acid groups (broad SMARTS) is 1. The number of carbonyl (C=O) groups is 2. The third-order valence-corrected chi connectivity index (χ3v) is 3.34. The van der Waals surface area contributed by atoms with E-state index in [0.29, 0.717) is 30.3 Å². The van der Waals surface area contributed by atoms with Crippen LogP contribution >= 0.6 is 0 Å². The summed E-state index contributed by atoms with van der Waals surface area (Å²) >= 11 is 0. The molecule has 0 atom stereocenters. The summed E-state index contributed by atoms with van der Waals surface area (Å²) in [6.45, 7) is 0.678. The summed E-state index contributed by atoms with van der Waals surface area (Å²) in [5, 5.41) is 8.91. The summed E-state index contributed by atoms with van der Waals surface area (Å²) in [5.41, 5.74) is 0.433. The molecule has 0 unspecified atom stereocenters. The zero-order chi connectivity index (χ0) is 14.1. The summed E-state index contributed by atoms with van der Waals surface area (Å²) in [6, 6.07) is 5.00. The number of hydrogen-bond acceptors (Lipinski definition) is 4. The van der Waals surface area contributed by atoms with Crippen molar-refractivity contribution in [3.63, 3.8) is 0 Å². The van der Waals surface area contributed by atoms with Gasteiger partial charge >= 0.3 is 5.97 Å². The first kappa shape index (κ1) is 12.8. The molecule has 0 bridgehead atoms. The Morgan fingerprint density at radius 1 is 1.20 bits per heavy atom. The number of hydrogen-bond donors (Lipinski definition) is 1. The molecule has 1 aromatic rings. The van der Waals surface area contributed by atoms with Gasteiger partial charge in [-0.1, -0.05) is 0 Å². The number of ether oxygens (including phenoxy) is 2. The normalized spacial score (nSPS) is 16.6. The van der Waals surface area contributed by atoms with E-state index in [1.54, 1.807) is 18.2 Å². The first-order chi connectivity index (χ1) is 9.65. The Balaban J connectivity index is 1.83. The molecule has 0 radical (unpaired) electrons. The van der Waals surface area contributed by atoms with Gasteiger partial charge in [-0.2, -0.15) is 0 Å². The van der Waals surface area contributed by atoms with Gasteiger partial charge in [0.05, 0.1) is 0 Å². The predicted molar refractivity (Wildman–Crippen MR) is 69.1 cm³/mol. The van der Waals surface area contributed by atoms with E-state index in [1.807, 2.05) is 0 Å². The van der Waals surface area contributed by atoms with Crippen LogP contribution in [0.3, 0.4) is 0 Å². The lowest BCUT2D eigenvalue weighted by atomic mass is 10.1. The van der Waals surface area contributed by atoms with Crippen LogP contribution in [0.1, 0.15) is 23.2 Å². The third-order valence-electron chi connectivity index (χ3n) is 3.34. The minimum atomic E-state index is -0.997. The van der Waals surface area contributed by atoms with E-state index < -0.39 is 5.97 Å². The Bertz CT molecular complexity index is 552. The van der Waals surface area contributed by atoms with Crippen LogP contribution in [0.5, 0.6) is 11.5 Å². The standard InChI is InChI=1S/C14H15NO5/c16-13(17)8-15(10-2-3-10)14(18)9-1-4-11-12(7-9)20-6-5-19-11/h1,4,7,10H,2-3,5-6,8H2,(H,16,17). The van der Waals surface area contributed by atoms with Crippen LogP contribution in [0.25, 0.3) is 0 Å². The van der Waals surface area contributed by atoms with Crippen LogP contribution in [0.4, 0.5) is 0 Å². The summed E-state index contributed by atoms with van der Waals surface area (Å²) in [4.78, 5) is 24.7. The highest BCUT2D eigenvalue weighted by Crippen LogP contribution is 2.33. The van der Waals surface area contributed by atoms with Gasteiger partial charge in [0.2, 0.25) is 0 Å². The highest BCUT2D eigenvalue weighted by Gasteiger charge is 2.34. The van der Waals surface area contributed by atoms with Crippen LogP contribution < -0.4 is 9.47 Å². The average molecular weight is 277 g/mol. The van der Waals surface area contributed by atoms with Gasteiger partial charge in [0.15, 0.2) is 11.5 Å². The lowest BCUT2D eigenvalue weighted by Gasteiger charge is -2.22.